The average molecular weight is 294 g/mol. The Morgan fingerprint density at radius 2 is 1.76 bits per heavy atom. The van der Waals surface area contributed by atoms with Gasteiger partial charge in [0.05, 0.1) is 19.6 Å². The third-order valence-corrected chi connectivity index (χ3v) is 2.58. The molecule has 0 fully saturated rings. The van der Waals surface area contributed by atoms with Gasteiger partial charge in [0.1, 0.15) is 5.75 Å². The number of rotatable bonds is 8. The minimum Gasteiger partial charge on any atom is -0.494 e. The molecule has 6 heteroatoms. The van der Waals surface area contributed by atoms with Crippen LogP contribution in [0.2, 0.25) is 0 Å². The van der Waals surface area contributed by atoms with Crippen LogP contribution in [0.5, 0.6) is 5.75 Å². The molecule has 2 N–H and O–H groups in total. The van der Waals surface area contributed by atoms with E-state index in [1.165, 1.54) is 0 Å². The topological polar surface area (TPSA) is 76.7 Å². The lowest BCUT2D eigenvalue weighted by atomic mass is 10.2. The standard InChI is InChI=1S/C15H22N2O4/c1-3-10-21-13-7-5-12(6-8-13)15(19)17-16-14(18)9-11-20-4-2/h5-8H,3-4,9-11H2,1-2H3,(H,16,18)(H,17,19). The molecule has 0 heterocycles. The monoisotopic (exact) mass is 294 g/mol. The van der Waals surface area contributed by atoms with E-state index in [0.29, 0.717) is 31.1 Å². The molecule has 0 saturated heterocycles. The molecule has 0 unspecified atom stereocenters. The molecule has 0 atom stereocenters. The van der Waals surface area contributed by atoms with Gasteiger partial charge in [0.15, 0.2) is 0 Å². The van der Waals surface area contributed by atoms with Crippen LogP contribution in [0.15, 0.2) is 24.3 Å². The van der Waals surface area contributed by atoms with E-state index in [0.717, 1.165) is 6.42 Å². The fourth-order valence-electron chi connectivity index (χ4n) is 1.49. The van der Waals surface area contributed by atoms with Crippen molar-refractivity contribution < 1.29 is 19.1 Å². The Morgan fingerprint density at radius 1 is 1.05 bits per heavy atom. The summed E-state index contributed by atoms with van der Waals surface area (Å²) in [5, 5.41) is 0. The summed E-state index contributed by atoms with van der Waals surface area (Å²) in [5.74, 6) is 0.0515. The van der Waals surface area contributed by atoms with Crippen LogP contribution in [0.4, 0.5) is 0 Å². The number of hydrogen-bond donors (Lipinski definition) is 2. The van der Waals surface area contributed by atoms with E-state index in [-0.39, 0.29) is 18.2 Å². The van der Waals surface area contributed by atoms with Gasteiger partial charge in [-0.3, -0.25) is 20.4 Å². The lowest BCUT2D eigenvalue weighted by Gasteiger charge is -2.08. The quantitative estimate of drug-likeness (QED) is 0.565. The van der Waals surface area contributed by atoms with E-state index in [9.17, 15) is 9.59 Å². The lowest BCUT2D eigenvalue weighted by molar-refractivity contribution is -0.122. The molecule has 0 aliphatic rings. The SMILES string of the molecule is CCCOc1ccc(C(=O)NNC(=O)CCOCC)cc1. The second-order valence-corrected chi connectivity index (χ2v) is 4.32. The van der Waals surface area contributed by atoms with Gasteiger partial charge < -0.3 is 9.47 Å². The van der Waals surface area contributed by atoms with Crippen LogP contribution in [0, 0.1) is 0 Å². The van der Waals surface area contributed by atoms with Crippen molar-refractivity contribution in [3.63, 3.8) is 0 Å². The molecule has 0 bridgehead atoms. The highest BCUT2D eigenvalue weighted by atomic mass is 16.5. The van der Waals surface area contributed by atoms with Gasteiger partial charge in [0.25, 0.3) is 5.91 Å². The molecule has 1 aromatic carbocycles. The number of carbonyl (C=O) groups is 2. The van der Waals surface area contributed by atoms with Gasteiger partial charge >= 0.3 is 0 Å². The third-order valence-electron chi connectivity index (χ3n) is 2.58. The first-order valence-electron chi connectivity index (χ1n) is 7.07. The summed E-state index contributed by atoms with van der Waals surface area (Å²) in [6, 6.07) is 6.74. The van der Waals surface area contributed by atoms with Gasteiger partial charge in [0.2, 0.25) is 5.91 Å². The zero-order valence-electron chi connectivity index (χ0n) is 12.5. The highest BCUT2D eigenvalue weighted by Gasteiger charge is 2.07. The molecule has 1 rings (SSSR count). The molecule has 0 aliphatic heterocycles. The van der Waals surface area contributed by atoms with Crippen LogP contribution in [-0.4, -0.2) is 31.6 Å². The van der Waals surface area contributed by atoms with Crippen molar-refractivity contribution in [1.82, 2.24) is 10.9 Å². The minimum absolute atomic E-state index is 0.206. The van der Waals surface area contributed by atoms with E-state index in [2.05, 4.69) is 10.9 Å². The summed E-state index contributed by atoms with van der Waals surface area (Å²) in [7, 11) is 0. The minimum atomic E-state index is -0.373. The second-order valence-electron chi connectivity index (χ2n) is 4.32. The summed E-state index contributed by atoms with van der Waals surface area (Å²) in [6.45, 7) is 5.42. The second kappa shape index (κ2) is 9.77. The van der Waals surface area contributed by atoms with Gasteiger partial charge in [-0.2, -0.15) is 0 Å². The molecule has 21 heavy (non-hydrogen) atoms. The van der Waals surface area contributed by atoms with Crippen molar-refractivity contribution in [2.24, 2.45) is 0 Å². The molecule has 0 saturated carbocycles. The number of hydrazine groups is 1. The normalized spacial score (nSPS) is 10.0. The van der Waals surface area contributed by atoms with E-state index in [1.807, 2.05) is 13.8 Å². The van der Waals surface area contributed by atoms with Crippen LogP contribution in [0.1, 0.15) is 37.0 Å². The van der Waals surface area contributed by atoms with Crippen molar-refractivity contribution in [2.75, 3.05) is 19.8 Å². The zero-order chi connectivity index (χ0) is 15.5. The average Bonchev–Trinajstić information content (AvgIpc) is 2.51. The number of hydrogen-bond acceptors (Lipinski definition) is 4. The largest absolute Gasteiger partial charge is 0.494 e. The molecule has 2 amide bonds. The third kappa shape index (κ3) is 6.76. The molecule has 1 aromatic rings. The maximum Gasteiger partial charge on any atom is 0.269 e. The maximum absolute atomic E-state index is 11.8. The predicted octanol–water partition coefficient (Wildman–Crippen LogP) is 1.66. The number of amides is 2. The molecule has 0 radical (unpaired) electrons. The molecule has 0 aromatic heterocycles. The number of nitrogens with one attached hydrogen (secondary N) is 2. The van der Waals surface area contributed by atoms with E-state index < -0.39 is 0 Å². The highest BCUT2D eigenvalue weighted by Crippen LogP contribution is 2.12. The first-order valence-corrected chi connectivity index (χ1v) is 7.07. The van der Waals surface area contributed by atoms with Crippen molar-refractivity contribution >= 4 is 11.8 Å². The van der Waals surface area contributed by atoms with Gasteiger partial charge in [0, 0.05) is 12.2 Å². The summed E-state index contributed by atoms with van der Waals surface area (Å²) in [4.78, 5) is 23.2. The first kappa shape index (κ1) is 17.0. The molecule has 0 spiro atoms. The van der Waals surface area contributed by atoms with Crippen LogP contribution >= 0.6 is 0 Å². The van der Waals surface area contributed by atoms with Gasteiger partial charge in [-0.25, -0.2) is 0 Å². The van der Waals surface area contributed by atoms with Gasteiger partial charge in [-0.05, 0) is 37.6 Å². The van der Waals surface area contributed by atoms with E-state index in [1.54, 1.807) is 24.3 Å². The van der Waals surface area contributed by atoms with Crippen molar-refractivity contribution in [1.29, 1.82) is 0 Å². The Balaban J connectivity index is 2.36. The Hall–Kier alpha value is -2.08. The summed E-state index contributed by atoms with van der Waals surface area (Å²) >= 11 is 0. The fraction of sp³-hybridized carbons (Fsp3) is 0.467. The Labute approximate surface area is 124 Å². The summed E-state index contributed by atoms with van der Waals surface area (Å²) in [6.07, 6.45) is 1.13. The highest BCUT2D eigenvalue weighted by molar-refractivity contribution is 5.95. The Kier molecular flexibility index (Phi) is 7.89. The lowest BCUT2D eigenvalue weighted by Crippen LogP contribution is -2.41. The van der Waals surface area contributed by atoms with Crippen LogP contribution in [0.25, 0.3) is 0 Å². The number of ether oxygens (including phenoxy) is 2. The van der Waals surface area contributed by atoms with Crippen LogP contribution in [-0.2, 0) is 9.53 Å². The Bertz CT molecular complexity index is 445. The van der Waals surface area contributed by atoms with Crippen LogP contribution < -0.4 is 15.6 Å². The summed E-state index contributed by atoms with van der Waals surface area (Å²) < 4.78 is 10.5. The van der Waals surface area contributed by atoms with Crippen molar-refractivity contribution in [2.45, 2.75) is 26.7 Å². The Morgan fingerprint density at radius 3 is 2.38 bits per heavy atom. The molecule has 116 valence electrons. The molecular formula is C15H22N2O4. The van der Waals surface area contributed by atoms with Gasteiger partial charge in [-0.1, -0.05) is 6.92 Å². The smallest absolute Gasteiger partial charge is 0.269 e. The van der Waals surface area contributed by atoms with Gasteiger partial charge in [-0.15, -0.1) is 0 Å². The van der Waals surface area contributed by atoms with Crippen LogP contribution in [0.3, 0.4) is 0 Å². The van der Waals surface area contributed by atoms with Crippen molar-refractivity contribution in [3.8, 4) is 5.75 Å². The first-order chi connectivity index (χ1) is 10.2. The van der Waals surface area contributed by atoms with E-state index >= 15 is 0 Å². The molecular weight excluding hydrogens is 272 g/mol. The zero-order valence-corrected chi connectivity index (χ0v) is 12.5. The number of benzene rings is 1. The summed E-state index contributed by atoms with van der Waals surface area (Å²) in [5.41, 5.74) is 5.14. The van der Waals surface area contributed by atoms with Crippen molar-refractivity contribution in [3.05, 3.63) is 29.8 Å². The number of carbonyl (C=O) groups excluding carboxylic acids is 2. The fourth-order valence-corrected chi connectivity index (χ4v) is 1.49. The molecule has 6 nitrogen and oxygen atoms in total. The maximum atomic E-state index is 11.8. The molecule has 0 aliphatic carbocycles. The predicted molar refractivity (Wildman–Crippen MR) is 78.9 cm³/mol. The van der Waals surface area contributed by atoms with E-state index in [4.69, 9.17) is 9.47 Å².